The molecule has 0 atom stereocenters. The van der Waals surface area contributed by atoms with E-state index in [-0.39, 0.29) is 5.57 Å². The van der Waals surface area contributed by atoms with Gasteiger partial charge in [0.15, 0.2) is 0 Å². The average molecular weight is 220 g/mol. The second-order valence-corrected chi connectivity index (χ2v) is 3.68. The largest absolute Gasteiger partial charge is 0.366 e. The highest BCUT2D eigenvalue weighted by Gasteiger charge is 2.07. The van der Waals surface area contributed by atoms with E-state index in [0.29, 0.717) is 12.1 Å². The smallest absolute Gasteiger partial charge is 0.246 e. The molecule has 0 unspecified atom stereocenters. The number of carbonyl (C=O) groups excluding carboxylic acids is 1. The standard InChI is InChI=1S/C8H16N2O3S/c1-3-4-5-7(10-14(12)13)6(2)8(9)11/h14H,3-5H2,1-2H3,(H2,9,11)(H,10,12,13)/b7-6-. The second-order valence-electron chi connectivity index (χ2n) is 2.94. The molecule has 0 rings (SSSR count). The molecular weight excluding hydrogens is 204 g/mol. The molecule has 0 heterocycles. The van der Waals surface area contributed by atoms with Crippen LogP contribution in [0.25, 0.3) is 0 Å². The molecule has 0 aliphatic rings. The zero-order valence-electron chi connectivity index (χ0n) is 8.37. The first-order valence-corrected chi connectivity index (χ1v) is 5.57. The number of hydrogen-bond donors (Lipinski definition) is 3. The number of amides is 1. The Bertz CT molecular complexity index is 300. The van der Waals surface area contributed by atoms with E-state index in [1.165, 1.54) is 6.92 Å². The van der Waals surface area contributed by atoms with Crippen molar-refractivity contribution in [2.24, 2.45) is 5.73 Å². The first kappa shape index (κ1) is 13.0. The molecule has 3 N–H and O–H groups in total. The fourth-order valence-corrected chi connectivity index (χ4v) is 1.44. The van der Waals surface area contributed by atoms with E-state index >= 15 is 0 Å². The maximum absolute atomic E-state index is 10.8. The first-order valence-electron chi connectivity index (χ1n) is 4.39. The van der Waals surface area contributed by atoms with Gasteiger partial charge in [0.1, 0.15) is 0 Å². The molecule has 0 aliphatic carbocycles. The van der Waals surface area contributed by atoms with E-state index in [1.54, 1.807) is 0 Å². The van der Waals surface area contributed by atoms with Crippen molar-refractivity contribution in [1.29, 1.82) is 0 Å². The van der Waals surface area contributed by atoms with Crippen LogP contribution in [0.4, 0.5) is 0 Å². The van der Waals surface area contributed by atoms with Crippen LogP contribution in [0.15, 0.2) is 11.3 Å². The summed E-state index contributed by atoms with van der Waals surface area (Å²) in [4.78, 5) is 10.8. The Balaban J connectivity index is 4.69. The van der Waals surface area contributed by atoms with Crippen molar-refractivity contribution in [3.8, 4) is 0 Å². The molecule has 0 aliphatic heterocycles. The molecule has 6 heteroatoms. The fourth-order valence-electron chi connectivity index (χ4n) is 0.940. The Hall–Kier alpha value is -1.04. The van der Waals surface area contributed by atoms with Crippen LogP contribution >= 0.6 is 0 Å². The summed E-state index contributed by atoms with van der Waals surface area (Å²) in [6.45, 7) is 3.49. The Labute approximate surface area is 85.4 Å². The van der Waals surface area contributed by atoms with Crippen LogP contribution in [-0.2, 0) is 15.7 Å². The fraction of sp³-hybridized carbons (Fsp3) is 0.625. The van der Waals surface area contributed by atoms with Gasteiger partial charge in [-0.3, -0.25) is 9.52 Å². The minimum Gasteiger partial charge on any atom is -0.366 e. The quantitative estimate of drug-likeness (QED) is 0.436. The van der Waals surface area contributed by atoms with Crippen LogP contribution in [0.5, 0.6) is 0 Å². The third-order valence-corrected chi connectivity index (χ3v) is 2.28. The summed E-state index contributed by atoms with van der Waals surface area (Å²) < 4.78 is 23.1. The monoisotopic (exact) mass is 220 g/mol. The number of hydrogen-bond acceptors (Lipinski definition) is 3. The lowest BCUT2D eigenvalue weighted by Crippen LogP contribution is -2.20. The molecule has 0 fully saturated rings. The van der Waals surface area contributed by atoms with E-state index in [1.807, 2.05) is 6.92 Å². The summed E-state index contributed by atoms with van der Waals surface area (Å²) in [6.07, 6.45) is 2.26. The Morgan fingerprint density at radius 3 is 2.36 bits per heavy atom. The Morgan fingerprint density at radius 1 is 1.43 bits per heavy atom. The highest BCUT2D eigenvalue weighted by atomic mass is 32.2. The lowest BCUT2D eigenvalue weighted by atomic mass is 10.1. The number of nitrogens with two attached hydrogens (primary N) is 1. The topological polar surface area (TPSA) is 89.3 Å². The third-order valence-electron chi connectivity index (χ3n) is 1.83. The number of allylic oxidation sites excluding steroid dienone is 1. The zero-order chi connectivity index (χ0) is 11.1. The summed E-state index contributed by atoms with van der Waals surface area (Å²) >= 11 is 0. The van der Waals surface area contributed by atoms with Crippen molar-refractivity contribution in [3.05, 3.63) is 11.3 Å². The van der Waals surface area contributed by atoms with Crippen LogP contribution < -0.4 is 10.5 Å². The molecule has 0 saturated heterocycles. The molecule has 0 aromatic rings. The highest BCUT2D eigenvalue weighted by Crippen LogP contribution is 2.09. The number of nitrogens with one attached hydrogen (secondary N) is 1. The summed E-state index contributed by atoms with van der Waals surface area (Å²) in [6, 6.07) is 0. The summed E-state index contributed by atoms with van der Waals surface area (Å²) in [5, 5.41) is 0. The molecule has 0 aromatic heterocycles. The van der Waals surface area contributed by atoms with E-state index < -0.39 is 16.8 Å². The molecule has 0 bridgehead atoms. The van der Waals surface area contributed by atoms with Crippen LogP contribution in [-0.4, -0.2) is 14.3 Å². The summed E-state index contributed by atoms with van der Waals surface area (Å²) in [5.74, 6) is -0.597. The maximum atomic E-state index is 10.8. The average Bonchev–Trinajstić information content (AvgIpc) is 2.10. The van der Waals surface area contributed by atoms with Gasteiger partial charge in [-0.25, -0.2) is 8.42 Å². The summed E-state index contributed by atoms with van der Waals surface area (Å²) in [7, 11) is -2.73. The predicted molar refractivity (Wildman–Crippen MR) is 54.9 cm³/mol. The van der Waals surface area contributed by atoms with Gasteiger partial charge in [-0.2, -0.15) is 0 Å². The molecular formula is C8H16N2O3S. The number of unbranched alkanes of at least 4 members (excludes halogenated alkanes) is 1. The van der Waals surface area contributed by atoms with Gasteiger partial charge in [0, 0.05) is 11.3 Å². The molecule has 0 spiro atoms. The lowest BCUT2D eigenvalue weighted by Gasteiger charge is -2.07. The maximum Gasteiger partial charge on any atom is 0.246 e. The van der Waals surface area contributed by atoms with E-state index in [4.69, 9.17) is 5.73 Å². The van der Waals surface area contributed by atoms with Crippen molar-refractivity contribution in [2.45, 2.75) is 33.1 Å². The van der Waals surface area contributed by atoms with Crippen LogP contribution in [0, 0.1) is 0 Å². The molecule has 0 radical (unpaired) electrons. The van der Waals surface area contributed by atoms with E-state index in [0.717, 1.165) is 12.8 Å². The molecule has 0 saturated carbocycles. The molecule has 5 nitrogen and oxygen atoms in total. The summed E-state index contributed by atoms with van der Waals surface area (Å²) in [5.41, 5.74) is 5.72. The van der Waals surface area contributed by atoms with Crippen LogP contribution in [0.1, 0.15) is 33.1 Å². The van der Waals surface area contributed by atoms with Gasteiger partial charge in [-0.15, -0.1) is 0 Å². The highest BCUT2D eigenvalue weighted by molar-refractivity contribution is 7.70. The van der Waals surface area contributed by atoms with E-state index in [2.05, 4.69) is 4.72 Å². The number of thiol groups is 1. The van der Waals surface area contributed by atoms with Crippen molar-refractivity contribution in [3.63, 3.8) is 0 Å². The number of primary amides is 1. The van der Waals surface area contributed by atoms with Crippen molar-refractivity contribution >= 4 is 16.8 Å². The normalized spacial score (nSPS) is 12.5. The van der Waals surface area contributed by atoms with Gasteiger partial charge in [0.05, 0.1) is 0 Å². The van der Waals surface area contributed by atoms with Gasteiger partial charge in [0.25, 0.3) is 0 Å². The molecule has 82 valence electrons. The minimum absolute atomic E-state index is 0.276. The third kappa shape index (κ3) is 4.86. The van der Waals surface area contributed by atoms with Gasteiger partial charge < -0.3 is 5.73 Å². The van der Waals surface area contributed by atoms with Crippen molar-refractivity contribution < 1.29 is 13.2 Å². The van der Waals surface area contributed by atoms with Crippen molar-refractivity contribution in [1.82, 2.24) is 4.72 Å². The SMILES string of the molecule is CCCC/C(N[SH](=O)=O)=C(\C)C(N)=O. The van der Waals surface area contributed by atoms with Crippen molar-refractivity contribution in [2.75, 3.05) is 0 Å². The number of carbonyl (C=O) groups is 1. The zero-order valence-corrected chi connectivity index (χ0v) is 9.27. The molecule has 1 amide bonds. The number of rotatable bonds is 6. The Morgan fingerprint density at radius 2 is 2.00 bits per heavy atom. The van der Waals surface area contributed by atoms with Gasteiger partial charge in [-0.1, -0.05) is 13.3 Å². The van der Waals surface area contributed by atoms with Gasteiger partial charge in [0.2, 0.25) is 16.8 Å². The minimum atomic E-state index is -2.73. The Kier molecular flexibility index (Phi) is 5.94. The first-order chi connectivity index (χ1) is 6.49. The predicted octanol–water partition coefficient (Wildman–Crippen LogP) is 0.0519. The van der Waals surface area contributed by atoms with Crippen LogP contribution in [0.3, 0.4) is 0 Å². The van der Waals surface area contributed by atoms with Gasteiger partial charge >= 0.3 is 0 Å². The van der Waals surface area contributed by atoms with Crippen LogP contribution in [0.2, 0.25) is 0 Å². The van der Waals surface area contributed by atoms with E-state index in [9.17, 15) is 13.2 Å². The molecule has 14 heavy (non-hydrogen) atoms. The lowest BCUT2D eigenvalue weighted by molar-refractivity contribution is -0.114. The molecule has 0 aromatic carbocycles. The second kappa shape index (κ2) is 6.42. The van der Waals surface area contributed by atoms with Gasteiger partial charge in [-0.05, 0) is 19.8 Å².